The van der Waals surface area contributed by atoms with Crippen LogP contribution in [0.2, 0.25) is 0 Å². The fourth-order valence-electron chi connectivity index (χ4n) is 3.45. The average molecular weight is 295 g/mol. The standard InChI is InChI=1S/C20H25NO/c1-15-3-8-19(17(13-15)14-22)16-4-6-18(7-5-16)20(2)9-11-21-12-10-20/h3-8,13,21-22H,9-12,14H2,1-2H3. The molecule has 2 aromatic rings. The Hall–Kier alpha value is -1.64. The second kappa shape index (κ2) is 6.23. The van der Waals surface area contributed by atoms with Gasteiger partial charge in [0.15, 0.2) is 0 Å². The average Bonchev–Trinajstić information content (AvgIpc) is 2.55. The summed E-state index contributed by atoms with van der Waals surface area (Å²) in [4.78, 5) is 0. The van der Waals surface area contributed by atoms with Crippen LogP contribution in [0.15, 0.2) is 42.5 Å². The molecule has 3 rings (SSSR count). The first-order valence-corrected chi connectivity index (χ1v) is 8.14. The van der Waals surface area contributed by atoms with Crippen LogP contribution in [0.25, 0.3) is 11.1 Å². The van der Waals surface area contributed by atoms with Crippen LogP contribution < -0.4 is 5.32 Å². The molecule has 1 fully saturated rings. The van der Waals surface area contributed by atoms with E-state index in [-0.39, 0.29) is 12.0 Å². The van der Waals surface area contributed by atoms with Crippen LogP contribution in [0, 0.1) is 6.92 Å². The van der Waals surface area contributed by atoms with Gasteiger partial charge in [-0.1, -0.05) is 55.0 Å². The van der Waals surface area contributed by atoms with Crippen LogP contribution in [0.1, 0.15) is 36.5 Å². The molecular weight excluding hydrogens is 270 g/mol. The molecule has 0 bridgehead atoms. The number of hydrogen-bond acceptors (Lipinski definition) is 2. The number of hydrogen-bond donors (Lipinski definition) is 2. The monoisotopic (exact) mass is 295 g/mol. The molecule has 1 aliphatic heterocycles. The van der Waals surface area contributed by atoms with Crippen molar-refractivity contribution < 1.29 is 5.11 Å². The quantitative estimate of drug-likeness (QED) is 0.903. The summed E-state index contributed by atoms with van der Waals surface area (Å²) in [6, 6.07) is 15.2. The molecule has 2 aromatic carbocycles. The topological polar surface area (TPSA) is 32.3 Å². The number of rotatable bonds is 3. The molecule has 116 valence electrons. The molecule has 0 atom stereocenters. The molecule has 22 heavy (non-hydrogen) atoms. The Labute approximate surface area is 133 Å². The first kappa shape index (κ1) is 15.3. The number of benzene rings is 2. The predicted molar refractivity (Wildman–Crippen MR) is 92.0 cm³/mol. The van der Waals surface area contributed by atoms with Crippen molar-refractivity contribution in [1.29, 1.82) is 0 Å². The third kappa shape index (κ3) is 2.94. The molecule has 1 saturated heterocycles. The largest absolute Gasteiger partial charge is 0.392 e. The molecule has 0 radical (unpaired) electrons. The van der Waals surface area contributed by atoms with Crippen molar-refractivity contribution in [2.75, 3.05) is 13.1 Å². The maximum absolute atomic E-state index is 9.60. The third-order valence-electron chi connectivity index (χ3n) is 5.03. The van der Waals surface area contributed by atoms with E-state index in [1.807, 2.05) is 0 Å². The highest BCUT2D eigenvalue weighted by Crippen LogP contribution is 2.34. The zero-order chi connectivity index (χ0) is 15.6. The highest BCUT2D eigenvalue weighted by molar-refractivity contribution is 5.68. The lowest BCUT2D eigenvalue weighted by atomic mass is 9.75. The zero-order valence-electron chi connectivity index (χ0n) is 13.5. The Kier molecular flexibility index (Phi) is 4.32. The summed E-state index contributed by atoms with van der Waals surface area (Å²) in [7, 11) is 0. The molecule has 1 heterocycles. The van der Waals surface area contributed by atoms with Crippen LogP contribution in [0.5, 0.6) is 0 Å². The SMILES string of the molecule is Cc1ccc(-c2ccc(C3(C)CCNCC3)cc2)c(CO)c1. The van der Waals surface area contributed by atoms with Crippen molar-refractivity contribution in [2.24, 2.45) is 0 Å². The van der Waals surface area contributed by atoms with E-state index in [1.54, 1.807) is 0 Å². The van der Waals surface area contributed by atoms with Crippen molar-refractivity contribution in [3.63, 3.8) is 0 Å². The Morgan fingerprint density at radius 1 is 1.05 bits per heavy atom. The van der Waals surface area contributed by atoms with Crippen LogP contribution in [-0.4, -0.2) is 18.2 Å². The molecule has 2 N–H and O–H groups in total. The van der Waals surface area contributed by atoms with Gasteiger partial charge in [-0.3, -0.25) is 0 Å². The highest BCUT2D eigenvalue weighted by Gasteiger charge is 2.28. The second-order valence-electron chi connectivity index (χ2n) is 6.71. The van der Waals surface area contributed by atoms with Crippen molar-refractivity contribution in [3.8, 4) is 11.1 Å². The minimum Gasteiger partial charge on any atom is -0.392 e. The fourth-order valence-corrected chi connectivity index (χ4v) is 3.45. The summed E-state index contributed by atoms with van der Waals surface area (Å²) in [6.07, 6.45) is 2.39. The lowest BCUT2D eigenvalue weighted by Crippen LogP contribution is -2.37. The van der Waals surface area contributed by atoms with Crippen molar-refractivity contribution in [2.45, 2.75) is 38.7 Å². The molecule has 0 amide bonds. The van der Waals surface area contributed by atoms with Crippen molar-refractivity contribution >= 4 is 0 Å². The first-order valence-electron chi connectivity index (χ1n) is 8.14. The van der Waals surface area contributed by atoms with Gasteiger partial charge in [-0.25, -0.2) is 0 Å². The molecule has 0 unspecified atom stereocenters. The minimum atomic E-state index is 0.0855. The van der Waals surface area contributed by atoms with Gasteiger partial charge in [-0.15, -0.1) is 0 Å². The van der Waals surface area contributed by atoms with Gasteiger partial charge >= 0.3 is 0 Å². The van der Waals surface area contributed by atoms with Crippen LogP contribution in [0.3, 0.4) is 0 Å². The molecular formula is C20H25NO. The van der Waals surface area contributed by atoms with E-state index in [1.165, 1.54) is 29.5 Å². The number of aryl methyl sites for hydroxylation is 1. The van der Waals surface area contributed by atoms with Gasteiger partial charge in [0.05, 0.1) is 6.61 Å². The van der Waals surface area contributed by atoms with E-state index in [4.69, 9.17) is 0 Å². The zero-order valence-corrected chi connectivity index (χ0v) is 13.5. The number of aliphatic hydroxyl groups is 1. The van der Waals surface area contributed by atoms with Gasteiger partial charge in [0.25, 0.3) is 0 Å². The van der Waals surface area contributed by atoms with E-state index in [2.05, 4.69) is 61.6 Å². The first-order chi connectivity index (χ1) is 10.6. The van der Waals surface area contributed by atoms with Gasteiger partial charge in [0.2, 0.25) is 0 Å². The second-order valence-corrected chi connectivity index (χ2v) is 6.71. The maximum atomic E-state index is 9.60. The maximum Gasteiger partial charge on any atom is 0.0687 e. The molecule has 2 nitrogen and oxygen atoms in total. The van der Waals surface area contributed by atoms with E-state index < -0.39 is 0 Å². The Bertz CT molecular complexity index is 639. The molecule has 0 spiro atoms. The molecule has 2 heteroatoms. The Balaban J connectivity index is 1.91. The minimum absolute atomic E-state index is 0.0855. The van der Waals surface area contributed by atoms with Crippen LogP contribution in [-0.2, 0) is 12.0 Å². The summed E-state index contributed by atoms with van der Waals surface area (Å²) >= 11 is 0. The van der Waals surface area contributed by atoms with Gasteiger partial charge in [-0.05, 0) is 60.5 Å². The Morgan fingerprint density at radius 3 is 2.36 bits per heavy atom. The summed E-state index contributed by atoms with van der Waals surface area (Å²) in [5.74, 6) is 0. The summed E-state index contributed by atoms with van der Waals surface area (Å²) in [5, 5.41) is 13.0. The summed E-state index contributed by atoms with van der Waals surface area (Å²) < 4.78 is 0. The van der Waals surface area contributed by atoms with Crippen molar-refractivity contribution in [1.82, 2.24) is 5.32 Å². The Morgan fingerprint density at radius 2 is 1.73 bits per heavy atom. The number of nitrogens with one attached hydrogen (secondary N) is 1. The van der Waals surface area contributed by atoms with Gasteiger partial charge in [0.1, 0.15) is 0 Å². The van der Waals surface area contributed by atoms with E-state index >= 15 is 0 Å². The normalized spacial score (nSPS) is 17.4. The van der Waals surface area contributed by atoms with Crippen LogP contribution >= 0.6 is 0 Å². The smallest absolute Gasteiger partial charge is 0.0687 e. The fraction of sp³-hybridized carbons (Fsp3) is 0.400. The van der Waals surface area contributed by atoms with Crippen molar-refractivity contribution in [3.05, 3.63) is 59.2 Å². The number of aliphatic hydroxyl groups excluding tert-OH is 1. The van der Waals surface area contributed by atoms with E-state index in [9.17, 15) is 5.11 Å². The predicted octanol–water partition coefficient (Wildman–Crippen LogP) is 3.80. The third-order valence-corrected chi connectivity index (χ3v) is 5.03. The molecule has 0 aliphatic carbocycles. The molecule has 0 aromatic heterocycles. The van der Waals surface area contributed by atoms with Gasteiger partial charge < -0.3 is 10.4 Å². The van der Waals surface area contributed by atoms with Crippen LogP contribution in [0.4, 0.5) is 0 Å². The molecule has 0 saturated carbocycles. The lowest BCUT2D eigenvalue weighted by molar-refractivity contribution is 0.282. The van der Waals surface area contributed by atoms with Gasteiger partial charge in [-0.2, -0.15) is 0 Å². The van der Waals surface area contributed by atoms with E-state index in [0.29, 0.717) is 0 Å². The van der Waals surface area contributed by atoms with Gasteiger partial charge in [0, 0.05) is 0 Å². The summed E-state index contributed by atoms with van der Waals surface area (Å²) in [5.41, 5.74) is 6.22. The lowest BCUT2D eigenvalue weighted by Gasteiger charge is -2.34. The van der Waals surface area contributed by atoms with E-state index in [0.717, 1.165) is 24.2 Å². The highest BCUT2D eigenvalue weighted by atomic mass is 16.3. The number of piperidine rings is 1. The summed E-state index contributed by atoms with van der Waals surface area (Å²) in [6.45, 7) is 6.72. The molecule has 1 aliphatic rings.